The van der Waals surface area contributed by atoms with Crippen molar-refractivity contribution in [3.05, 3.63) is 45.2 Å². The van der Waals surface area contributed by atoms with E-state index in [2.05, 4.69) is 15.8 Å². The normalized spacial score (nSPS) is 12.9. The number of nitrogens with one attached hydrogen (secondary N) is 2. The molecule has 1 amide bonds. The van der Waals surface area contributed by atoms with Crippen LogP contribution in [0.3, 0.4) is 0 Å². The Balaban J connectivity index is 2.33. The number of halogens is 1. The number of hydrogen-bond acceptors (Lipinski definition) is 5. The van der Waals surface area contributed by atoms with Crippen LogP contribution in [-0.4, -0.2) is 15.5 Å². The summed E-state index contributed by atoms with van der Waals surface area (Å²) < 4.78 is 1.49. The molecule has 0 fully saturated rings. The molecule has 0 saturated carbocycles. The molecule has 0 atom stereocenters. The van der Waals surface area contributed by atoms with Crippen LogP contribution in [0.25, 0.3) is 11.3 Å². The average Bonchev–Trinajstić information content (AvgIpc) is 2.47. The molecular weight excluding hydrogens is 294 g/mol. The first-order valence-corrected chi connectivity index (χ1v) is 6.33. The molecule has 7 nitrogen and oxygen atoms in total. The number of aromatic nitrogens is 2. The van der Waals surface area contributed by atoms with Gasteiger partial charge in [0.25, 0.3) is 11.5 Å². The molecule has 2 N–H and O–H groups in total. The van der Waals surface area contributed by atoms with E-state index in [0.717, 1.165) is 0 Å². The number of nitrogens with zero attached hydrogens (tertiary/aromatic N) is 3. The van der Waals surface area contributed by atoms with Crippen molar-refractivity contribution in [3.63, 3.8) is 0 Å². The number of hydrogen-bond donors (Lipinski definition) is 2. The quantitative estimate of drug-likeness (QED) is 0.815. The highest BCUT2D eigenvalue weighted by Gasteiger charge is 2.23. The third-order valence-electron chi connectivity index (χ3n) is 3.03. The van der Waals surface area contributed by atoms with Crippen molar-refractivity contribution in [1.29, 1.82) is 5.26 Å². The fraction of sp³-hybridized carbons (Fsp3) is 0.0769. The summed E-state index contributed by atoms with van der Waals surface area (Å²) in [6.45, 7) is -0.0394. The van der Waals surface area contributed by atoms with Crippen molar-refractivity contribution in [2.75, 3.05) is 5.43 Å². The largest absolute Gasteiger partial charge is 0.299 e. The maximum absolute atomic E-state index is 11.9. The minimum absolute atomic E-state index is 0.0394. The Kier molecular flexibility index (Phi) is 3.08. The molecule has 0 spiro atoms. The molecule has 8 heteroatoms. The number of hydrazine groups is 1. The summed E-state index contributed by atoms with van der Waals surface area (Å²) in [6, 6.07) is 8.50. The van der Waals surface area contributed by atoms with Gasteiger partial charge >= 0.3 is 0 Å². The topological polar surface area (TPSA) is 99.8 Å². The van der Waals surface area contributed by atoms with Crippen LogP contribution in [0.2, 0.25) is 5.02 Å². The van der Waals surface area contributed by atoms with E-state index >= 15 is 0 Å². The predicted molar refractivity (Wildman–Crippen MR) is 75.4 cm³/mol. The molecule has 1 aromatic heterocycles. The zero-order chi connectivity index (χ0) is 15.0. The van der Waals surface area contributed by atoms with Gasteiger partial charge in [0.1, 0.15) is 18.2 Å². The number of carbonyl (C=O) groups excluding carboxylic acids is 1. The minimum Gasteiger partial charge on any atom is -0.299 e. The Bertz CT molecular complexity index is 835. The number of anilines is 1. The van der Waals surface area contributed by atoms with Gasteiger partial charge in [-0.15, -0.1) is 0 Å². The lowest BCUT2D eigenvalue weighted by Gasteiger charge is -2.23. The van der Waals surface area contributed by atoms with E-state index in [1.165, 1.54) is 4.57 Å². The third kappa shape index (κ3) is 2.22. The summed E-state index contributed by atoms with van der Waals surface area (Å²) in [4.78, 5) is 27.2. The van der Waals surface area contributed by atoms with Gasteiger partial charge in [0, 0.05) is 5.02 Å². The Labute approximate surface area is 123 Å². The van der Waals surface area contributed by atoms with E-state index in [0.29, 0.717) is 16.3 Å². The Hall–Kier alpha value is -2.85. The lowest BCUT2D eigenvalue weighted by atomic mass is 10.1. The van der Waals surface area contributed by atoms with Gasteiger partial charge in [0.05, 0.1) is 5.69 Å². The molecule has 0 radical (unpaired) electrons. The highest BCUT2D eigenvalue weighted by molar-refractivity contribution is 6.30. The summed E-state index contributed by atoms with van der Waals surface area (Å²) in [6.07, 6.45) is 0. The Morgan fingerprint density at radius 1 is 1.24 bits per heavy atom. The van der Waals surface area contributed by atoms with E-state index < -0.39 is 5.56 Å². The molecule has 1 aromatic carbocycles. The van der Waals surface area contributed by atoms with Gasteiger partial charge in [-0.1, -0.05) is 23.7 Å². The van der Waals surface area contributed by atoms with Crippen LogP contribution in [0.15, 0.2) is 29.1 Å². The monoisotopic (exact) mass is 301 g/mol. The number of amides is 1. The minimum atomic E-state index is -0.655. The lowest BCUT2D eigenvalue weighted by Crippen LogP contribution is -2.41. The van der Waals surface area contributed by atoms with Gasteiger partial charge in [-0.05, 0) is 17.7 Å². The van der Waals surface area contributed by atoms with Crippen LogP contribution in [0.1, 0.15) is 5.56 Å². The van der Waals surface area contributed by atoms with E-state index in [1.54, 1.807) is 24.3 Å². The Morgan fingerprint density at radius 3 is 2.62 bits per heavy atom. The highest BCUT2D eigenvalue weighted by atomic mass is 35.5. The number of fused-ring (bicyclic) bond motifs is 1. The van der Waals surface area contributed by atoms with Crippen LogP contribution < -0.4 is 16.4 Å². The summed E-state index contributed by atoms with van der Waals surface area (Å²) in [5.41, 5.74) is 5.09. The lowest BCUT2D eigenvalue weighted by molar-refractivity contribution is -0.121. The molecule has 2 aromatic rings. The molecule has 0 saturated heterocycles. The second kappa shape index (κ2) is 4.92. The molecule has 0 aliphatic carbocycles. The number of benzene rings is 1. The summed E-state index contributed by atoms with van der Waals surface area (Å²) in [5, 5.41) is 9.76. The molecular formula is C13H8ClN5O2. The molecule has 21 heavy (non-hydrogen) atoms. The highest BCUT2D eigenvalue weighted by Crippen LogP contribution is 2.26. The molecule has 0 bridgehead atoms. The van der Waals surface area contributed by atoms with Crippen molar-refractivity contribution in [2.45, 2.75) is 6.54 Å². The van der Waals surface area contributed by atoms with Gasteiger partial charge in [-0.25, -0.2) is 0 Å². The maximum atomic E-state index is 11.9. The van der Waals surface area contributed by atoms with Crippen LogP contribution in [0, 0.1) is 11.3 Å². The first-order valence-electron chi connectivity index (χ1n) is 5.96. The fourth-order valence-electron chi connectivity index (χ4n) is 2.12. The van der Waals surface area contributed by atoms with Crippen LogP contribution in [-0.2, 0) is 11.3 Å². The van der Waals surface area contributed by atoms with Gasteiger partial charge < -0.3 is 0 Å². The van der Waals surface area contributed by atoms with Crippen LogP contribution in [0.4, 0.5) is 5.95 Å². The van der Waals surface area contributed by atoms with Crippen LogP contribution in [0.5, 0.6) is 0 Å². The van der Waals surface area contributed by atoms with Crippen molar-refractivity contribution < 1.29 is 4.79 Å². The van der Waals surface area contributed by atoms with Crippen molar-refractivity contribution in [1.82, 2.24) is 15.0 Å². The summed E-state index contributed by atoms with van der Waals surface area (Å²) >= 11 is 5.85. The van der Waals surface area contributed by atoms with Gasteiger partial charge in [-0.2, -0.15) is 10.2 Å². The first-order chi connectivity index (χ1) is 10.1. The second-order valence-electron chi connectivity index (χ2n) is 4.34. The Morgan fingerprint density at radius 2 is 1.95 bits per heavy atom. The number of carbonyl (C=O) groups is 1. The molecule has 2 heterocycles. The fourth-order valence-corrected chi connectivity index (χ4v) is 2.25. The predicted octanol–water partition coefficient (Wildman–Crippen LogP) is 0.892. The maximum Gasteiger partial charge on any atom is 0.293 e. The summed E-state index contributed by atoms with van der Waals surface area (Å²) in [7, 11) is 0. The number of rotatable bonds is 1. The standard InChI is InChI=1S/C13H8ClN5O2/c14-8-3-1-7(2-4-8)11-9(5-15)12(21)16-13-18-17-10(20)6-19(11)13/h1-4H,6H2,(H,17,20)(H,16,18,21). The van der Waals surface area contributed by atoms with E-state index in [-0.39, 0.29) is 24.0 Å². The van der Waals surface area contributed by atoms with E-state index in [4.69, 9.17) is 11.6 Å². The van der Waals surface area contributed by atoms with E-state index in [9.17, 15) is 14.9 Å². The number of nitriles is 1. The van der Waals surface area contributed by atoms with Gasteiger partial charge in [0.2, 0.25) is 5.95 Å². The van der Waals surface area contributed by atoms with Crippen molar-refractivity contribution in [3.8, 4) is 17.3 Å². The van der Waals surface area contributed by atoms with Crippen molar-refractivity contribution in [2.24, 2.45) is 0 Å². The third-order valence-corrected chi connectivity index (χ3v) is 3.28. The first kappa shape index (κ1) is 13.1. The smallest absolute Gasteiger partial charge is 0.293 e. The molecule has 0 unspecified atom stereocenters. The average molecular weight is 302 g/mol. The zero-order valence-electron chi connectivity index (χ0n) is 10.6. The van der Waals surface area contributed by atoms with Gasteiger partial charge in [0.15, 0.2) is 0 Å². The molecule has 3 rings (SSSR count). The summed E-state index contributed by atoms with van der Waals surface area (Å²) in [5.74, 6) is -0.115. The second-order valence-corrected chi connectivity index (χ2v) is 4.78. The molecule has 1 aliphatic heterocycles. The van der Waals surface area contributed by atoms with Gasteiger partial charge in [-0.3, -0.25) is 25.0 Å². The van der Waals surface area contributed by atoms with E-state index in [1.807, 2.05) is 6.07 Å². The SMILES string of the molecule is N#Cc1c(-c2ccc(Cl)cc2)n2c(nc1=O)NNC(=O)C2. The molecule has 1 aliphatic rings. The zero-order valence-corrected chi connectivity index (χ0v) is 11.3. The van der Waals surface area contributed by atoms with Crippen molar-refractivity contribution >= 4 is 23.5 Å². The van der Waals surface area contributed by atoms with Crippen LogP contribution >= 0.6 is 11.6 Å². The molecule has 104 valence electrons.